The van der Waals surface area contributed by atoms with Crippen molar-refractivity contribution in [2.75, 3.05) is 26.7 Å². The lowest BCUT2D eigenvalue weighted by Gasteiger charge is -2.34. The molecule has 0 bridgehead atoms. The monoisotopic (exact) mass is 326 g/mol. The number of aromatic nitrogens is 2. The van der Waals surface area contributed by atoms with E-state index in [0.717, 1.165) is 11.3 Å². The fraction of sp³-hybridized carbons (Fsp3) is 0.294. The minimum atomic E-state index is -0.266. The molecule has 1 aliphatic rings. The number of amides is 2. The second-order valence-electron chi connectivity index (χ2n) is 5.50. The number of nitrogens with zero attached hydrogens (tertiary/aromatic N) is 4. The molecular weight excluding hydrogens is 308 g/mol. The summed E-state index contributed by atoms with van der Waals surface area (Å²) in [7, 11) is 1.61. The molecule has 0 radical (unpaired) electrons. The molecule has 7 heteroatoms. The summed E-state index contributed by atoms with van der Waals surface area (Å²) in [6, 6.07) is 10.9. The maximum absolute atomic E-state index is 12.4. The molecule has 0 aliphatic carbocycles. The Hall–Kier alpha value is -2.96. The third-order valence-electron chi connectivity index (χ3n) is 3.90. The number of carbonyl (C=O) groups excluding carboxylic acids is 2. The Bertz CT molecular complexity index is 736. The molecule has 3 rings (SSSR count). The summed E-state index contributed by atoms with van der Waals surface area (Å²) >= 11 is 0. The van der Waals surface area contributed by atoms with E-state index in [1.54, 1.807) is 24.1 Å². The van der Waals surface area contributed by atoms with Gasteiger partial charge >= 0.3 is 0 Å². The van der Waals surface area contributed by atoms with Gasteiger partial charge < -0.3 is 14.5 Å². The van der Waals surface area contributed by atoms with Crippen LogP contribution in [0.3, 0.4) is 0 Å². The molecule has 7 nitrogen and oxygen atoms in total. The van der Waals surface area contributed by atoms with Gasteiger partial charge in [0, 0.05) is 25.8 Å². The standard InChI is InChI=1S/C17H18N4O3/c1-24-14-5-2-4-13(10-14)11-20-8-9-21(12-16(20)22)17(23)15-6-3-7-18-19-15/h2-7,10H,8-9,11-12H2,1H3. The predicted octanol–water partition coefficient (Wildman–Crippen LogP) is 0.970. The Balaban J connectivity index is 1.63. The molecule has 2 aromatic rings. The number of hydrogen-bond donors (Lipinski definition) is 0. The van der Waals surface area contributed by atoms with Gasteiger partial charge in [0.05, 0.1) is 7.11 Å². The van der Waals surface area contributed by atoms with Crippen LogP contribution < -0.4 is 4.74 Å². The van der Waals surface area contributed by atoms with Crippen molar-refractivity contribution < 1.29 is 14.3 Å². The molecule has 24 heavy (non-hydrogen) atoms. The van der Waals surface area contributed by atoms with E-state index in [2.05, 4.69) is 10.2 Å². The van der Waals surface area contributed by atoms with Crippen molar-refractivity contribution in [3.63, 3.8) is 0 Å². The van der Waals surface area contributed by atoms with Crippen LogP contribution in [0.2, 0.25) is 0 Å². The Morgan fingerprint density at radius 3 is 2.83 bits per heavy atom. The summed E-state index contributed by atoms with van der Waals surface area (Å²) in [5.41, 5.74) is 1.25. The largest absolute Gasteiger partial charge is 0.497 e. The number of carbonyl (C=O) groups is 2. The second kappa shape index (κ2) is 7.08. The first-order chi connectivity index (χ1) is 11.7. The van der Waals surface area contributed by atoms with Gasteiger partial charge in [0.15, 0.2) is 5.69 Å². The van der Waals surface area contributed by atoms with Crippen molar-refractivity contribution in [2.24, 2.45) is 0 Å². The van der Waals surface area contributed by atoms with Crippen molar-refractivity contribution in [1.82, 2.24) is 20.0 Å². The molecule has 1 aromatic carbocycles. The molecule has 0 atom stereocenters. The summed E-state index contributed by atoms with van der Waals surface area (Å²) in [4.78, 5) is 27.9. The average Bonchev–Trinajstić information content (AvgIpc) is 2.63. The van der Waals surface area contributed by atoms with E-state index in [1.807, 2.05) is 24.3 Å². The number of benzene rings is 1. The first-order valence-corrected chi connectivity index (χ1v) is 7.65. The van der Waals surface area contributed by atoms with Crippen LogP contribution in [0, 0.1) is 0 Å². The van der Waals surface area contributed by atoms with Crippen LogP contribution in [-0.2, 0) is 11.3 Å². The van der Waals surface area contributed by atoms with Crippen molar-refractivity contribution in [2.45, 2.75) is 6.54 Å². The number of methoxy groups -OCH3 is 1. The van der Waals surface area contributed by atoms with Crippen LogP contribution in [0.1, 0.15) is 16.1 Å². The van der Waals surface area contributed by atoms with Gasteiger partial charge in [-0.1, -0.05) is 12.1 Å². The van der Waals surface area contributed by atoms with Gasteiger partial charge in [0.25, 0.3) is 5.91 Å². The van der Waals surface area contributed by atoms with E-state index in [4.69, 9.17) is 4.74 Å². The van der Waals surface area contributed by atoms with Crippen molar-refractivity contribution in [1.29, 1.82) is 0 Å². The number of rotatable bonds is 4. The lowest BCUT2D eigenvalue weighted by molar-refractivity contribution is -0.135. The summed E-state index contributed by atoms with van der Waals surface area (Å²) in [6.07, 6.45) is 1.51. The quantitative estimate of drug-likeness (QED) is 0.837. The first kappa shape index (κ1) is 15.9. The van der Waals surface area contributed by atoms with E-state index in [-0.39, 0.29) is 24.1 Å². The normalized spacial score (nSPS) is 14.6. The highest BCUT2D eigenvalue weighted by molar-refractivity contribution is 5.95. The molecule has 2 heterocycles. The van der Waals surface area contributed by atoms with Crippen LogP contribution in [0.15, 0.2) is 42.6 Å². The van der Waals surface area contributed by atoms with Gasteiger partial charge in [-0.15, -0.1) is 5.10 Å². The molecule has 1 fully saturated rings. The number of piperazine rings is 1. The zero-order valence-corrected chi connectivity index (χ0v) is 13.4. The number of hydrogen-bond acceptors (Lipinski definition) is 5. The molecule has 124 valence electrons. The zero-order valence-electron chi connectivity index (χ0n) is 13.4. The Labute approximate surface area is 139 Å². The number of ether oxygens (including phenoxy) is 1. The Kier molecular flexibility index (Phi) is 4.69. The van der Waals surface area contributed by atoms with Gasteiger partial charge in [-0.25, -0.2) is 0 Å². The van der Waals surface area contributed by atoms with Crippen LogP contribution in [-0.4, -0.2) is 58.6 Å². The van der Waals surface area contributed by atoms with Gasteiger partial charge in [0.1, 0.15) is 12.3 Å². The molecule has 2 amide bonds. The van der Waals surface area contributed by atoms with Gasteiger partial charge in [-0.2, -0.15) is 5.10 Å². The van der Waals surface area contributed by atoms with Crippen molar-refractivity contribution in [3.8, 4) is 5.75 Å². The third-order valence-corrected chi connectivity index (χ3v) is 3.90. The first-order valence-electron chi connectivity index (χ1n) is 7.65. The zero-order chi connectivity index (χ0) is 16.9. The molecular formula is C17H18N4O3. The second-order valence-corrected chi connectivity index (χ2v) is 5.50. The summed E-state index contributed by atoms with van der Waals surface area (Å²) in [5, 5.41) is 7.51. The van der Waals surface area contributed by atoms with Crippen molar-refractivity contribution in [3.05, 3.63) is 53.9 Å². The highest BCUT2D eigenvalue weighted by Gasteiger charge is 2.28. The lowest BCUT2D eigenvalue weighted by atomic mass is 10.1. The maximum atomic E-state index is 12.4. The molecule has 0 N–H and O–H groups in total. The summed E-state index contributed by atoms with van der Waals surface area (Å²) < 4.78 is 5.20. The van der Waals surface area contributed by atoms with E-state index in [1.165, 1.54) is 11.1 Å². The van der Waals surface area contributed by atoms with E-state index >= 15 is 0 Å². The summed E-state index contributed by atoms with van der Waals surface area (Å²) in [6.45, 7) is 1.52. The highest BCUT2D eigenvalue weighted by Crippen LogP contribution is 2.16. The van der Waals surface area contributed by atoms with Crippen LogP contribution in [0.25, 0.3) is 0 Å². The fourth-order valence-electron chi connectivity index (χ4n) is 2.62. The smallest absolute Gasteiger partial charge is 0.274 e. The molecule has 1 aromatic heterocycles. The van der Waals surface area contributed by atoms with Gasteiger partial charge in [0.2, 0.25) is 5.91 Å². The fourth-order valence-corrected chi connectivity index (χ4v) is 2.62. The SMILES string of the molecule is COc1cccc(CN2CCN(C(=O)c3cccnn3)CC2=O)c1. The van der Waals surface area contributed by atoms with E-state index in [9.17, 15) is 9.59 Å². The molecule has 1 saturated heterocycles. The Morgan fingerprint density at radius 2 is 2.12 bits per heavy atom. The van der Waals surface area contributed by atoms with Crippen LogP contribution in [0.4, 0.5) is 0 Å². The minimum Gasteiger partial charge on any atom is -0.497 e. The predicted molar refractivity (Wildman–Crippen MR) is 86.3 cm³/mol. The van der Waals surface area contributed by atoms with Crippen LogP contribution in [0.5, 0.6) is 5.75 Å². The third kappa shape index (κ3) is 3.51. The van der Waals surface area contributed by atoms with Gasteiger partial charge in [-0.05, 0) is 29.8 Å². The summed E-state index contributed by atoms with van der Waals surface area (Å²) in [5.74, 6) is 0.412. The molecule has 0 saturated carbocycles. The topological polar surface area (TPSA) is 75.6 Å². The maximum Gasteiger partial charge on any atom is 0.274 e. The highest BCUT2D eigenvalue weighted by atomic mass is 16.5. The van der Waals surface area contributed by atoms with Gasteiger partial charge in [-0.3, -0.25) is 9.59 Å². The Morgan fingerprint density at radius 1 is 1.25 bits per heavy atom. The van der Waals surface area contributed by atoms with E-state index < -0.39 is 0 Å². The van der Waals surface area contributed by atoms with Crippen molar-refractivity contribution >= 4 is 11.8 Å². The van der Waals surface area contributed by atoms with Crippen LogP contribution >= 0.6 is 0 Å². The molecule has 0 unspecified atom stereocenters. The molecule has 1 aliphatic heterocycles. The van der Waals surface area contributed by atoms with E-state index in [0.29, 0.717) is 19.6 Å². The molecule has 0 spiro atoms. The average molecular weight is 326 g/mol. The lowest BCUT2D eigenvalue weighted by Crippen LogP contribution is -2.51. The minimum absolute atomic E-state index is 0.0549.